The molecule has 3 nitrogen and oxygen atoms in total. The largest absolute Gasteiger partial charge is 0.481 e. The van der Waals surface area contributed by atoms with Gasteiger partial charge in [0.05, 0.1) is 12.5 Å². The molecule has 0 amide bonds. The number of rotatable bonds is 3. The van der Waals surface area contributed by atoms with E-state index in [-0.39, 0.29) is 0 Å². The van der Waals surface area contributed by atoms with E-state index < -0.39 is 11.9 Å². The molecule has 0 rings (SSSR count). The number of carbonyl (C=O) groups is 1. The van der Waals surface area contributed by atoms with Crippen LogP contribution in [0.2, 0.25) is 0 Å². The summed E-state index contributed by atoms with van der Waals surface area (Å²) in [7, 11) is 0. The molecule has 0 saturated heterocycles. The lowest BCUT2D eigenvalue weighted by Gasteiger charge is -2.01. The van der Waals surface area contributed by atoms with Crippen LogP contribution in [0.1, 0.15) is 13.3 Å². The molecule has 2 N–H and O–H groups in total. The first-order valence-electron chi connectivity index (χ1n) is 2.42. The number of hydrogen-bond acceptors (Lipinski definition) is 2. The van der Waals surface area contributed by atoms with Gasteiger partial charge in [0, 0.05) is 0 Å². The molecule has 0 bridgehead atoms. The first kappa shape index (κ1) is 7.43. The van der Waals surface area contributed by atoms with Crippen LogP contribution in [0.4, 0.5) is 0 Å². The normalized spacial score (nSPS) is 13.2. The Bertz CT molecular complexity index is 75.7. The molecule has 0 aromatic carbocycles. The molecular formula is C5H9O3. The molecule has 0 heterocycles. The quantitative estimate of drug-likeness (QED) is 0.570. The predicted octanol–water partition coefficient (Wildman–Crippen LogP) is 0.631. The minimum atomic E-state index is -0.977. The molecule has 1 unspecified atom stereocenters. The minimum absolute atomic E-state index is 0.436. The van der Waals surface area contributed by atoms with Crippen LogP contribution in [-0.2, 0) is 4.79 Å². The number of aliphatic hydroxyl groups is 1. The van der Waals surface area contributed by atoms with Crippen LogP contribution in [0, 0.1) is 12.5 Å². The van der Waals surface area contributed by atoms with E-state index in [1.54, 1.807) is 6.92 Å². The molecule has 3 heteroatoms. The molecule has 0 aromatic rings. The molecule has 0 spiro atoms. The Morgan fingerprint density at radius 3 is 2.38 bits per heavy atom. The Morgan fingerprint density at radius 2 is 2.38 bits per heavy atom. The highest BCUT2D eigenvalue weighted by Crippen LogP contribution is 2.02. The van der Waals surface area contributed by atoms with E-state index in [0.29, 0.717) is 13.0 Å². The summed E-state index contributed by atoms with van der Waals surface area (Å²) in [6.07, 6.45) is 0.436. The molecule has 0 fully saturated rings. The number of hydrogen-bond donors (Lipinski definition) is 2. The van der Waals surface area contributed by atoms with Gasteiger partial charge in [-0.1, -0.05) is 6.92 Å². The van der Waals surface area contributed by atoms with Crippen molar-refractivity contribution in [3.63, 3.8) is 0 Å². The molecule has 1 atom stereocenters. The monoisotopic (exact) mass is 117 g/mol. The molecule has 47 valence electrons. The molecular weight excluding hydrogens is 108 g/mol. The van der Waals surface area contributed by atoms with Crippen LogP contribution in [0.25, 0.3) is 0 Å². The van der Waals surface area contributed by atoms with Gasteiger partial charge in [-0.15, -0.1) is 0 Å². The standard InChI is InChI=1S/C5H9O3/c1-2-4(3-6)5(7)8/h3-4,6H,2H2,1H3,(H,7,8). The van der Waals surface area contributed by atoms with Crippen molar-refractivity contribution in [1.82, 2.24) is 0 Å². The second-order valence-corrected chi connectivity index (χ2v) is 1.50. The Balaban J connectivity index is 3.52. The third-order valence-corrected chi connectivity index (χ3v) is 0.937. The lowest BCUT2D eigenvalue weighted by molar-refractivity contribution is -0.141. The van der Waals surface area contributed by atoms with E-state index in [0.717, 1.165) is 0 Å². The first-order chi connectivity index (χ1) is 3.72. The fourth-order valence-electron chi connectivity index (χ4n) is 0.344. The summed E-state index contributed by atoms with van der Waals surface area (Å²) >= 11 is 0. The maximum absolute atomic E-state index is 9.97. The number of carboxylic acids is 1. The fourth-order valence-corrected chi connectivity index (χ4v) is 0.344. The van der Waals surface area contributed by atoms with Gasteiger partial charge >= 0.3 is 5.97 Å². The van der Waals surface area contributed by atoms with E-state index in [9.17, 15) is 4.79 Å². The van der Waals surface area contributed by atoms with Crippen LogP contribution in [-0.4, -0.2) is 16.2 Å². The van der Waals surface area contributed by atoms with Gasteiger partial charge in [-0.2, -0.15) is 0 Å². The molecule has 8 heavy (non-hydrogen) atoms. The Kier molecular flexibility index (Phi) is 3.19. The summed E-state index contributed by atoms with van der Waals surface area (Å²) in [5.74, 6) is -1.68. The zero-order valence-electron chi connectivity index (χ0n) is 4.66. The van der Waals surface area contributed by atoms with E-state index in [4.69, 9.17) is 10.2 Å². The Morgan fingerprint density at radius 1 is 1.88 bits per heavy atom. The topological polar surface area (TPSA) is 57.5 Å². The molecule has 0 aliphatic carbocycles. The van der Waals surface area contributed by atoms with E-state index in [1.165, 1.54) is 0 Å². The zero-order chi connectivity index (χ0) is 6.57. The van der Waals surface area contributed by atoms with Crippen molar-refractivity contribution in [3.8, 4) is 0 Å². The molecule has 1 radical (unpaired) electrons. The average molecular weight is 117 g/mol. The van der Waals surface area contributed by atoms with Gasteiger partial charge < -0.3 is 10.2 Å². The lowest BCUT2D eigenvalue weighted by Crippen LogP contribution is -2.12. The number of aliphatic carboxylic acids is 1. The number of carboxylic acid groups (broad SMARTS) is 1. The first-order valence-corrected chi connectivity index (χ1v) is 2.42. The second kappa shape index (κ2) is 3.43. The van der Waals surface area contributed by atoms with Crippen LogP contribution in [0.5, 0.6) is 0 Å². The Hall–Kier alpha value is -0.570. The molecule has 0 aliphatic heterocycles. The molecule has 0 aromatic heterocycles. The molecule has 0 saturated carbocycles. The van der Waals surface area contributed by atoms with Gasteiger partial charge in [0.1, 0.15) is 0 Å². The van der Waals surface area contributed by atoms with Crippen molar-refractivity contribution in [3.05, 3.63) is 6.61 Å². The van der Waals surface area contributed by atoms with Gasteiger partial charge in [0.25, 0.3) is 0 Å². The average Bonchev–Trinajstić information content (AvgIpc) is 1.69. The van der Waals surface area contributed by atoms with Gasteiger partial charge in [0.2, 0.25) is 0 Å². The minimum Gasteiger partial charge on any atom is -0.481 e. The highest BCUT2D eigenvalue weighted by molar-refractivity contribution is 5.70. The predicted molar refractivity (Wildman–Crippen MR) is 27.7 cm³/mol. The molecule has 0 aliphatic rings. The fraction of sp³-hybridized carbons (Fsp3) is 0.600. The highest BCUT2D eigenvalue weighted by atomic mass is 16.4. The second-order valence-electron chi connectivity index (χ2n) is 1.50. The zero-order valence-corrected chi connectivity index (χ0v) is 4.66. The summed E-state index contributed by atoms with van der Waals surface area (Å²) in [5.41, 5.74) is 0. The third kappa shape index (κ3) is 1.93. The van der Waals surface area contributed by atoms with Crippen LogP contribution in [0.3, 0.4) is 0 Å². The van der Waals surface area contributed by atoms with Crippen molar-refractivity contribution in [2.45, 2.75) is 13.3 Å². The smallest absolute Gasteiger partial charge is 0.309 e. The van der Waals surface area contributed by atoms with E-state index in [1.807, 2.05) is 0 Å². The summed E-state index contributed by atoms with van der Waals surface area (Å²) in [4.78, 5) is 9.97. The van der Waals surface area contributed by atoms with Crippen LogP contribution in [0.15, 0.2) is 0 Å². The van der Waals surface area contributed by atoms with Crippen LogP contribution >= 0.6 is 0 Å². The third-order valence-electron chi connectivity index (χ3n) is 0.937. The van der Waals surface area contributed by atoms with Crippen molar-refractivity contribution in [2.75, 3.05) is 0 Å². The Labute approximate surface area is 47.9 Å². The summed E-state index contributed by atoms with van der Waals surface area (Å²) in [5, 5.41) is 16.4. The van der Waals surface area contributed by atoms with Crippen molar-refractivity contribution in [1.29, 1.82) is 0 Å². The summed E-state index contributed by atoms with van der Waals surface area (Å²) < 4.78 is 0. The summed E-state index contributed by atoms with van der Waals surface area (Å²) in [6, 6.07) is 0. The number of aliphatic hydroxyl groups excluding tert-OH is 1. The van der Waals surface area contributed by atoms with Gasteiger partial charge in [0.15, 0.2) is 0 Å². The summed E-state index contributed by atoms with van der Waals surface area (Å²) in [6.45, 7) is 2.40. The van der Waals surface area contributed by atoms with Crippen molar-refractivity contribution >= 4 is 5.97 Å². The van der Waals surface area contributed by atoms with Gasteiger partial charge in [-0.3, -0.25) is 4.79 Å². The lowest BCUT2D eigenvalue weighted by atomic mass is 10.1. The maximum Gasteiger partial charge on any atom is 0.309 e. The van der Waals surface area contributed by atoms with Gasteiger partial charge in [-0.25, -0.2) is 0 Å². The highest BCUT2D eigenvalue weighted by Gasteiger charge is 2.12. The van der Waals surface area contributed by atoms with Gasteiger partial charge in [-0.05, 0) is 6.42 Å². The van der Waals surface area contributed by atoms with Crippen LogP contribution < -0.4 is 0 Å². The van der Waals surface area contributed by atoms with Crippen molar-refractivity contribution < 1.29 is 15.0 Å². The SMILES string of the molecule is CCC([CH]O)C(=O)O. The van der Waals surface area contributed by atoms with E-state index >= 15 is 0 Å². The maximum atomic E-state index is 9.97. The van der Waals surface area contributed by atoms with Crippen molar-refractivity contribution in [2.24, 2.45) is 5.92 Å². The van der Waals surface area contributed by atoms with E-state index in [2.05, 4.69) is 0 Å².